The van der Waals surface area contributed by atoms with Gasteiger partial charge in [-0.15, -0.1) is 24.0 Å². The first-order chi connectivity index (χ1) is 5.24. The van der Waals surface area contributed by atoms with Crippen molar-refractivity contribution in [2.75, 3.05) is 0 Å². The zero-order chi connectivity index (χ0) is 8.27. The van der Waals surface area contributed by atoms with Gasteiger partial charge in [-0.25, -0.2) is 4.79 Å². The van der Waals surface area contributed by atoms with Gasteiger partial charge in [0.25, 0.3) is 0 Å². The summed E-state index contributed by atoms with van der Waals surface area (Å²) in [6, 6.07) is 1.50. The molecule has 1 aromatic rings. The van der Waals surface area contributed by atoms with Crippen LogP contribution in [0, 0.1) is 0 Å². The summed E-state index contributed by atoms with van der Waals surface area (Å²) in [7, 11) is 0. The fraction of sp³-hybridized carbons (Fsp3) is 0.143. The summed E-state index contributed by atoms with van der Waals surface area (Å²) in [6.07, 6.45) is 2.83. The van der Waals surface area contributed by atoms with E-state index in [0.29, 0.717) is 5.56 Å². The van der Waals surface area contributed by atoms with E-state index in [-0.39, 0.29) is 23.9 Å². The molecule has 0 spiro atoms. The standard InChI is InChI=1S/C7H6ClNO2.ClH/c8-2-5-1-6(7(10)11)4-9-3-5;/h1,3-4H,2H2,(H,10,11);1H. The van der Waals surface area contributed by atoms with E-state index in [2.05, 4.69) is 4.98 Å². The number of aromatic carboxylic acids is 1. The van der Waals surface area contributed by atoms with Crippen molar-refractivity contribution in [3.8, 4) is 0 Å². The monoisotopic (exact) mass is 207 g/mol. The molecule has 1 N–H and O–H groups in total. The number of carboxylic acids is 1. The lowest BCUT2D eigenvalue weighted by Gasteiger charge is -1.95. The Kier molecular flexibility index (Phi) is 4.62. The number of hydrogen-bond acceptors (Lipinski definition) is 2. The third kappa shape index (κ3) is 2.68. The molecule has 0 aliphatic heterocycles. The average molecular weight is 208 g/mol. The Morgan fingerprint density at radius 2 is 2.25 bits per heavy atom. The van der Waals surface area contributed by atoms with Crippen LogP contribution in [-0.2, 0) is 5.88 Å². The highest BCUT2D eigenvalue weighted by Crippen LogP contribution is 2.04. The summed E-state index contributed by atoms with van der Waals surface area (Å²) in [4.78, 5) is 14.1. The summed E-state index contributed by atoms with van der Waals surface area (Å²) in [5.41, 5.74) is 0.884. The van der Waals surface area contributed by atoms with E-state index in [1.54, 1.807) is 6.20 Å². The Labute approximate surface area is 80.8 Å². The average Bonchev–Trinajstić information content (AvgIpc) is 2.05. The van der Waals surface area contributed by atoms with E-state index in [1.165, 1.54) is 12.3 Å². The highest BCUT2D eigenvalue weighted by molar-refractivity contribution is 6.17. The van der Waals surface area contributed by atoms with Crippen LogP contribution in [0.3, 0.4) is 0 Å². The molecule has 0 bridgehead atoms. The molecular formula is C7H7Cl2NO2. The number of carboxylic acid groups (broad SMARTS) is 1. The minimum absolute atomic E-state index is 0. The van der Waals surface area contributed by atoms with Crippen molar-refractivity contribution >= 4 is 30.0 Å². The second-order valence-electron chi connectivity index (χ2n) is 2.02. The van der Waals surface area contributed by atoms with E-state index >= 15 is 0 Å². The van der Waals surface area contributed by atoms with Gasteiger partial charge in [0, 0.05) is 18.3 Å². The van der Waals surface area contributed by atoms with Gasteiger partial charge in [0.1, 0.15) is 0 Å². The topological polar surface area (TPSA) is 50.2 Å². The fourth-order valence-electron chi connectivity index (χ4n) is 0.678. The summed E-state index contributed by atoms with van der Waals surface area (Å²) < 4.78 is 0. The van der Waals surface area contributed by atoms with Crippen LogP contribution in [0.1, 0.15) is 15.9 Å². The second-order valence-corrected chi connectivity index (χ2v) is 2.29. The summed E-state index contributed by atoms with van der Waals surface area (Å²) in [5, 5.41) is 8.52. The van der Waals surface area contributed by atoms with E-state index in [4.69, 9.17) is 16.7 Å². The SMILES string of the molecule is Cl.O=C(O)c1cncc(CCl)c1. The molecule has 5 heteroatoms. The van der Waals surface area contributed by atoms with Gasteiger partial charge in [-0.2, -0.15) is 0 Å². The van der Waals surface area contributed by atoms with Gasteiger partial charge < -0.3 is 5.11 Å². The number of aromatic nitrogens is 1. The van der Waals surface area contributed by atoms with Gasteiger partial charge in [0.15, 0.2) is 0 Å². The molecule has 0 aliphatic carbocycles. The number of alkyl halides is 1. The zero-order valence-corrected chi connectivity index (χ0v) is 7.60. The van der Waals surface area contributed by atoms with Crippen LogP contribution < -0.4 is 0 Å². The normalized spacial score (nSPS) is 8.75. The van der Waals surface area contributed by atoms with Gasteiger partial charge in [-0.1, -0.05) is 0 Å². The fourth-order valence-corrected chi connectivity index (χ4v) is 0.824. The van der Waals surface area contributed by atoms with E-state index in [1.807, 2.05) is 0 Å². The molecule has 0 aliphatic rings. The Morgan fingerprint density at radius 1 is 1.58 bits per heavy atom. The first kappa shape index (κ1) is 11.2. The second kappa shape index (κ2) is 4.95. The molecule has 0 aromatic carbocycles. The minimum atomic E-state index is -0.982. The molecule has 0 amide bonds. The molecule has 66 valence electrons. The summed E-state index contributed by atoms with van der Waals surface area (Å²) >= 11 is 5.47. The van der Waals surface area contributed by atoms with Crippen LogP contribution >= 0.6 is 24.0 Å². The third-order valence-corrected chi connectivity index (χ3v) is 1.50. The molecule has 3 nitrogen and oxygen atoms in total. The number of rotatable bonds is 2. The molecule has 0 radical (unpaired) electrons. The third-order valence-electron chi connectivity index (χ3n) is 1.20. The van der Waals surface area contributed by atoms with E-state index in [9.17, 15) is 4.79 Å². The van der Waals surface area contributed by atoms with Crippen molar-refractivity contribution in [1.82, 2.24) is 4.98 Å². The number of pyridine rings is 1. The van der Waals surface area contributed by atoms with Crippen LogP contribution in [0.15, 0.2) is 18.5 Å². The molecule has 0 atom stereocenters. The van der Waals surface area contributed by atoms with Crippen molar-refractivity contribution in [1.29, 1.82) is 0 Å². The predicted octanol–water partition coefficient (Wildman–Crippen LogP) is 1.94. The van der Waals surface area contributed by atoms with Crippen LogP contribution in [0.2, 0.25) is 0 Å². The quantitative estimate of drug-likeness (QED) is 0.755. The van der Waals surface area contributed by atoms with Crippen molar-refractivity contribution in [2.24, 2.45) is 0 Å². The van der Waals surface area contributed by atoms with Crippen molar-refractivity contribution in [2.45, 2.75) is 5.88 Å². The van der Waals surface area contributed by atoms with Crippen molar-refractivity contribution in [3.63, 3.8) is 0 Å². The predicted molar refractivity (Wildman–Crippen MR) is 48.0 cm³/mol. The maximum atomic E-state index is 10.4. The first-order valence-electron chi connectivity index (χ1n) is 2.97. The summed E-state index contributed by atoms with van der Waals surface area (Å²) in [6.45, 7) is 0. The number of nitrogens with zero attached hydrogens (tertiary/aromatic N) is 1. The van der Waals surface area contributed by atoms with Gasteiger partial charge in [-0.3, -0.25) is 4.98 Å². The first-order valence-corrected chi connectivity index (χ1v) is 3.50. The summed E-state index contributed by atoms with van der Waals surface area (Å²) in [5.74, 6) is -0.696. The molecule has 0 saturated heterocycles. The van der Waals surface area contributed by atoms with Gasteiger partial charge in [0.2, 0.25) is 0 Å². The molecule has 0 unspecified atom stereocenters. The van der Waals surface area contributed by atoms with Gasteiger partial charge in [0.05, 0.1) is 5.56 Å². The largest absolute Gasteiger partial charge is 0.478 e. The smallest absolute Gasteiger partial charge is 0.337 e. The Bertz CT molecular complexity index is 278. The number of carbonyl (C=O) groups is 1. The van der Waals surface area contributed by atoms with Crippen molar-refractivity contribution in [3.05, 3.63) is 29.6 Å². The van der Waals surface area contributed by atoms with Crippen LogP contribution in [-0.4, -0.2) is 16.1 Å². The zero-order valence-electron chi connectivity index (χ0n) is 6.03. The maximum absolute atomic E-state index is 10.4. The van der Waals surface area contributed by atoms with E-state index < -0.39 is 5.97 Å². The Hall–Kier alpha value is -0.800. The Balaban J connectivity index is 0.00000121. The van der Waals surface area contributed by atoms with E-state index in [0.717, 1.165) is 0 Å². The van der Waals surface area contributed by atoms with Crippen LogP contribution in [0.5, 0.6) is 0 Å². The molecule has 1 rings (SSSR count). The maximum Gasteiger partial charge on any atom is 0.337 e. The van der Waals surface area contributed by atoms with Crippen LogP contribution in [0.4, 0.5) is 0 Å². The highest BCUT2D eigenvalue weighted by atomic mass is 35.5. The molecule has 0 fully saturated rings. The molecule has 12 heavy (non-hydrogen) atoms. The molecule has 1 heterocycles. The number of hydrogen-bond donors (Lipinski definition) is 1. The van der Waals surface area contributed by atoms with Gasteiger partial charge in [-0.05, 0) is 11.6 Å². The molecule has 1 aromatic heterocycles. The lowest BCUT2D eigenvalue weighted by Crippen LogP contribution is -1.97. The van der Waals surface area contributed by atoms with Crippen LogP contribution in [0.25, 0.3) is 0 Å². The molecular weight excluding hydrogens is 201 g/mol. The lowest BCUT2D eigenvalue weighted by molar-refractivity contribution is 0.0696. The lowest BCUT2D eigenvalue weighted by atomic mass is 10.2. The highest BCUT2D eigenvalue weighted by Gasteiger charge is 2.02. The van der Waals surface area contributed by atoms with Crippen molar-refractivity contribution < 1.29 is 9.90 Å². The molecule has 0 saturated carbocycles. The number of halogens is 2. The van der Waals surface area contributed by atoms with Gasteiger partial charge >= 0.3 is 5.97 Å². The minimum Gasteiger partial charge on any atom is -0.478 e. The Morgan fingerprint density at radius 3 is 2.75 bits per heavy atom.